The number of amides is 2. The molecule has 1 fully saturated rings. The number of piperidine rings is 1. The number of carbonyl (C=O) groups excluding carboxylic acids is 2. The Labute approximate surface area is 124 Å². The standard InChI is InChI=1S/C15H22N4O2/c1-18(13-5-3-2-4-6-13)11-14(20)19-9-7-12(8-10-19)15(21)17-16/h2-6,12H,7-11,16H2,1H3,(H,17,21). The third-order valence-electron chi connectivity index (χ3n) is 3.93. The predicted molar refractivity (Wildman–Crippen MR) is 81.3 cm³/mol. The second-order valence-corrected chi connectivity index (χ2v) is 5.36. The van der Waals surface area contributed by atoms with Gasteiger partial charge in [-0.1, -0.05) is 18.2 Å². The number of anilines is 1. The van der Waals surface area contributed by atoms with Crippen LogP contribution in [0.2, 0.25) is 0 Å². The topological polar surface area (TPSA) is 78.7 Å². The van der Waals surface area contributed by atoms with Crippen molar-refractivity contribution in [2.75, 3.05) is 31.6 Å². The van der Waals surface area contributed by atoms with Gasteiger partial charge < -0.3 is 9.80 Å². The molecule has 3 N–H and O–H groups in total. The predicted octanol–water partition coefficient (Wildman–Crippen LogP) is 0.351. The summed E-state index contributed by atoms with van der Waals surface area (Å²) in [7, 11) is 1.90. The average molecular weight is 290 g/mol. The molecule has 6 heteroatoms. The van der Waals surface area contributed by atoms with Crippen molar-refractivity contribution in [3.63, 3.8) is 0 Å². The van der Waals surface area contributed by atoms with Crippen LogP contribution in [0.1, 0.15) is 12.8 Å². The molecule has 0 aliphatic carbocycles. The van der Waals surface area contributed by atoms with Crippen molar-refractivity contribution in [3.8, 4) is 0 Å². The molecule has 1 aromatic rings. The van der Waals surface area contributed by atoms with Crippen LogP contribution in [-0.2, 0) is 9.59 Å². The highest BCUT2D eigenvalue weighted by Gasteiger charge is 2.27. The molecule has 1 heterocycles. The Hall–Kier alpha value is -2.08. The van der Waals surface area contributed by atoms with Crippen molar-refractivity contribution in [2.24, 2.45) is 11.8 Å². The molecule has 1 aromatic carbocycles. The highest BCUT2D eigenvalue weighted by molar-refractivity contribution is 5.82. The van der Waals surface area contributed by atoms with Crippen LogP contribution in [0.4, 0.5) is 5.69 Å². The van der Waals surface area contributed by atoms with Gasteiger partial charge in [0.25, 0.3) is 0 Å². The highest BCUT2D eigenvalue weighted by Crippen LogP contribution is 2.18. The minimum atomic E-state index is -0.136. The maximum Gasteiger partial charge on any atom is 0.242 e. The number of para-hydroxylation sites is 1. The van der Waals surface area contributed by atoms with Gasteiger partial charge in [-0.3, -0.25) is 15.0 Å². The summed E-state index contributed by atoms with van der Waals surface area (Å²) in [6, 6.07) is 9.81. The summed E-state index contributed by atoms with van der Waals surface area (Å²) < 4.78 is 0. The molecule has 2 amide bonds. The molecular weight excluding hydrogens is 268 g/mol. The number of likely N-dealkylation sites (N-methyl/N-ethyl adjacent to an activating group) is 1. The first kappa shape index (κ1) is 15.3. The summed E-state index contributed by atoms with van der Waals surface area (Å²) in [5.41, 5.74) is 3.20. The first-order valence-corrected chi connectivity index (χ1v) is 7.16. The monoisotopic (exact) mass is 290 g/mol. The summed E-state index contributed by atoms with van der Waals surface area (Å²) >= 11 is 0. The number of hydrazine groups is 1. The van der Waals surface area contributed by atoms with Crippen LogP contribution in [0.3, 0.4) is 0 Å². The van der Waals surface area contributed by atoms with Crippen LogP contribution in [0.15, 0.2) is 30.3 Å². The van der Waals surface area contributed by atoms with Crippen LogP contribution in [-0.4, -0.2) is 43.4 Å². The SMILES string of the molecule is CN(CC(=O)N1CCC(C(=O)NN)CC1)c1ccccc1. The Morgan fingerprint density at radius 2 is 1.90 bits per heavy atom. The van der Waals surface area contributed by atoms with Gasteiger partial charge in [0.2, 0.25) is 11.8 Å². The molecular formula is C15H22N4O2. The van der Waals surface area contributed by atoms with Crippen LogP contribution in [0.25, 0.3) is 0 Å². The van der Waals surface area contributed by atoms with E-state index >= 15 is 0 Å². The Morgan fingerprint density at radius 1 is 1.29 bits per heavy atom. The third kappa shape index (κ3) is 3.95. The zero-order chi connectivity index (χ0) is 15.2. The summed E-state index contributed by atoms with van der Waals surface area (Å²) in [5.74, 6) is 5.02. The maximum atomic E-state index is 12.3. The Kier molecular flexibility index (Phi) is 5.16. The molecule has 2 rings (SSSR count). The van der Waals surface area contributed by atoms with E-state index in [4.69, 9.17) is 5.84 Å². The summed E-state index contributed by atoms with van der Waals surface area (Å²) in [6.07, 6.45) is 1.34. The smallest absolute Gasteiger partial charge is 0.242 e. The van der Waals surface area contributed by atoms with Crippen LogP contribution in [0, 0.1) is 5.92 Å². The first-order chi connectivity index (χ1) is 10.1. The lowest BCUT2D eigenvalue weighted by Crippen LogP contribution is -2.47. The molecule has 0 aromatic heterocycles. The van der Waals surface area contributed by atoms with E-state index in [1.165, 1.54) is 0 Å². The van der Waals surface area contributed by atoms with E-state index in [1.807, 2.05) is 47.2 Å². The number of hydrogen-bond acceptors (Lipinski definition) is 4. The van der Waals surface area contributed by atoms with E-state index in [2.05, 4.69) is 5.43 Å². The van der Waals surface area contributed by atoms with E-state index in [1.54, 1.807) is 0 Å². The maximum absolute atomic E-state index is 12.3. The summed E-state index contributed by atoms with van der Waals surface area (Å²) in [6.45, 7) is 1.57. The second-order valence-electron chi connectivity index (χ2n) is 5.36. The van der Waals surface area contributed by atoms with Crippen molar-refractivity contribution in [1.82, 2.24) is 10.3 Å². The fraction of sp³-hybridized carbons (Fsp3) is 0.467. The van der Waals surface area contributed by atoms with Gasteiger partial charge in [-0.05, 0) is 25.0 Å². The van der Waals surface area contributed by atoms with Gasteiger partial charge in [0, 0.05) is 31.7 Å². The lowest BCUT2D eigenvalue weighted by atomic mass is 9.96. The highest BCUT2D eigenvalue weighted by atomic mass is 16.2. The van der Waals surface area contributed by atoms with Gasteiger partial charge in [-0.2, -0.15) is 0 Å². The lowest BCUT2D eigenvalue weighted by Gasteiger charge is -2.32. The molecule has 21 heavy (non-hydrogen) atoms. The molecule has 1 saturated heterocycles. The molecule has 6 nitrogen and oxygen atoms in total. The minimum absolute atomic E-state index is 0.0779. The number of carbonyl (C=O) groups is 2. The van der Waals surface area contributed by atoms with E-state index in [0.717, 1.165) is 5.69 Å². The second kappa shape index (κ2) is 7.08. The Balaban J connectivity index is 1.84. The number of nitrogens with one attached hydrogen (secondary N) is 1. The lowest BCUT2D eigenvalue weighted by molar-refractivity contribution is -0.134. The van der Waals surface area contributed by atoms with E-state index in [0.29, 0.717) is 32.5 Å². The summed E-state index contributed by atoms with van der Waals surface area (Å²) in [4.78, 5) is 27.5. The number of likely N-dealkylation sites (tertiary alicyclic amines) is 1. The van der Waals surface area contributed by atoms with Crippen LogP contribution < -0.4 is 16.2 Å². The quantitative estimate of drug-likeness (QED) is 0.476. The fourth-order valence-corrected chi connectivity index (χ4v) is 2.59. The largest absolute Gasteiger partial charge is 0.365 e. The number of rotatable bonds is 4. The van der Waals surface area contributed by atoms with Crippen molar-refractivity contribution < 1.29 is 9.59 Å². The van der Waals surface area contributed by atoms with Crippen molar-refractivity contribution >= 4 is 17.5 Å². The van der Waals surface area contributed by atoms with Gasteiger partial charge in [-0.25, -0.2) is 5.84 Å². The molecule has 114 valence electrons. The third-order valence-corrected chi connectivity index (χ3v) is 3.93. The van der Waals surface area contributed by atoms with Gasteiger partial charge in [-0.15, -0.1) is 0 Å². The summed E-state index contributed by atoms with van der Waals surface area (Å²) in [5, 5.41) is 0. The molecule has 0 unspecified atom stereocenters. The normalized spacial score (nSPS) is 15.6. The van der Waals surface area contributed by atoms with Gasteiger partial charge >= 0.3 is 0 Å². The van der Waals surface area contributed by atoms with E-state index in [-0.39, 0.29) is 17.7 Å². The average Bonchev–Trinajstić information content (AvgIpc) is 2.55. The van der Waals surface area contributed by atoms with Crippen molar-refractivity contribution in [2.45, 2.75) is 12.8 Å². The van der Waals surface area contributed by atoms with Crippen LogP contribution >= 0.6 is 0 Å². The Morgan fingerprint density at radius 3 is 2.48 bits per heavy atom. The molecule has 1 aliphatic rings. The van der Waals surface area contributed by atoms with Gasteiger partial charge in [0.1, 0.15) is 0 Å². The first-order valence-electron chi connectivity index (χ1n) is 7.16. The zero-order valence-electron chi connectivity index (χ0n) is 12.3. The fourth-order valence-electron chi connectivity index (χ4n) is 2.59. The number of nitrogens with two attached hydrogens (primary N) is 1. The number of benzene rings is 1. The van der Waals surface area contributed by atoms with E-state index < -0.39 is 0 Å². The van der Waals surface area contributed by atoms with E-state index in [9.17, 15) is 9.59 Å². The minimum Gasteiger partial charge on any atom is -0.365 e. The zero-order valence-corrected chi connectivity index (χ0v) is 12.3. The van der Waals surface area contributed by atoms with Crippen LogP contribution in [0.5, 0.6) is 0 Å². The molecule has 0 atom stereocenters. The van der Waals surface area contributed by atoms with Crippen molar-refractivity contribution in [1.29, 1.82) is 0 Å². The molecule has 0 saturated carbocycles. The Bertz CT molecular complexity index is 484. The van der Waals surface area contributed by atoms with Gasteiger partial charge in [0.05, 0.1) is 6.54 Å². The van der Waals surface area contributed by atoms with Crippen molar-refractivity contribution in [3.05, 3.63) is 30.3 Å². The number of nitrogens with zero attached hydrogens (tertiary/aromatic N) is 2. The molecule has 0 spiro atoms. The number of hydrogen-bond donors (Lipinski definition) is 2. The van der Waals surface area contributed by atoms with Gasteiger partial charge in [0.15, 0.2) is 0 Å². The molecule has 0 radical (unpaired) electrons. The molecule has 1 aliphatic heterocycles. The molecule has 0 bridgehead atoms.